The number of hydrogen-bond donors (Lipinski definition) is 9. The predicted octanol–water partition coefficient (Wildman–Crippen LogP) is 21.4. The van der Waals surface area contributed by atoms with Crippen LogP contribution in [0.15, 0.2) is 231 Å². The number of fused-ring (bicyclic) bond motifs is 4. The summed E-state index contributed by atoms with van der Waals surface area (Å²) in [6.45, 7) is 28.7. The first kappa shape index (κ1) is 110. The molecule has 150 heavy (non-hydrogen) atoms. The van der Waals surface area contributed by atoms with Crippen molar-refractivity contribution in [2.24, 2.45) is 0 Å². The van der Waals surface area contributed by atoms with Gasteiger partial charge in [0, 0.05) is 104 Å². The SMILES string of the molecule is CCCCN(CCCC)C(=O)c1cc(C)n(-c2ccc(NC(=O)Nc3c(C)cccc3C)cc2C(=O)N2Cc3ccccc3C[C@H]2CO)n1.CCCCN(CCCC)C(=O)c1cc(C)n(-c2ccc(NC(=O)Nc3ccc4ccccc4c3)cc2C(=O)N2Cc3ccccc3C[C@H]2CO)n1.CCCCN(CCCC)C(=O)c1cc(C)n(-c2ccc(NC(=O)Nc3ccccc3OCC)cc2C(=O)N2Cc3ccccc3C[C@H]2CO)n1. The van der Waals surface area contributed by atoms with Gasteiger partial charge in [0.1, 0.15) is 5.75 Å². The molecule has 0 aliphatic carbocycles. The summed E-state index contributed by atoms with van der Waals surface area (Å²) in [5, 5.41) is 64.8. The van der Waals surface area contributed by atoms with E-state index in [1.807, 2.05) is 196 Å². The van der Waals surface area contributed by atoms with Crippen molar-refractivity contribution in [2.45, 2.75) is 217 Å². The Morgan fingerprint density at radius 2 is 0.627 bits per heavy atom. The Morgan fingerprint density at radius 1 is 0.327 bits per heavy atom. The molecular weight excluding hydrogens is 1890 g/mol. The lowest BCUT2D eigenvalue weighted by Crippen LogP contribution is -2.46. The van der Waals surface area contributed by atoms with Gasteiger partial charge in [-0.15, -0.1) is 0 Å². The highest BCUT2D eigenvalue weighted by Gasteiger charge is 2.38. The lowest BCUT2D eigenvalue weighted by atomic mass is 9.93. The van der Waals surface area contributed by atoms with Crippen LogP contribution in [0.5, 0.6) is 5.75 Å². The van der Waals surface area contributed by atoms with Crippen LogP contribution in [-0.2, 0) is 38.9 Å². The van der Waals surface area contributed by atoms with Crippen LogP contribution < -0.4 is 36.6 Å². The zero-order valence-corrected chi connectivity index (χ0v) is 88.3. The Morgan fingerprint density at radius 3 is 0.967 bits per heavy atom. The van der Waals surface area contributed by atoms with Gasteiger partial charge in [-0.1, -0.05) is 214 Å². The van der Waals surface area contributed by atoms with E-state index in [4.69, 9.17) is 20.0 Å². The van der Waals surface area contributed by atoms with Gasteiger partial charge in [-0.3, -0.25) is 28.8 Å². The summed E-state index contributed by atoms with van der Waals surface area (Å²) in [6, 6.07) is 68.2. The van der Waals surface area contributed by atoms with Gasteiger partial charge >= 0.3 is 18.1 Å². The number of nitrogens with zero attached hydrogens (tertiary/aromatic N) is 12. The molecule has 16 rings (SSSR count). The fourth-order valence-corrected chi connectivity index (χ4v) is 19.3. The number of benzene rings is 10. The average molecular weight is 2030 g/mol. The van der Waals surface area contributed by atoms with Gasteiger partial charge in [0.25, 0.3) is 35.4 Å². The van der Waals surface area contributed by atoms with Crippen molar-refractivity contribution < 1.29 is 63.2 Å². The number of rotatable bonds is 38. The van der Waals surface area contributed by atoms with E-state index in [2.05, 4.69) is 73.4 Å². The lowest BCUT2D eigenvalue weighted by molar-refractivity contribution is 0.0539. The molecule has 31 nitrogen and oxygen atoms in total. The van der Waals surface area contributed by atoms with E-state index in [-0.39, 0.29) is 66.4 Å². The van der Waals surface area contributed by atoms with Crippen molar-refractivity contribution in [3.05, 3.63) is 326 Å². The Bertz CT molecular complexity index is 6900. The maximum absolute atomic E-state index is 14.6. The standard InChI is InChI=1S/C41H46N6O4.C39H48N6O5.C39H48N6O4/c1-4-6-20-45(21-7-5-2)40(50)37-22-28(3)47(44-37)38-19-18-34(43-41(51)42-33-17-16-29-12-8-9-13-30(29)23-33)25-36(38)39(49)46-26-32-15-11-10-14-31(32)24-35(46)27-48;1-5-8-20-43(21-9-6-2)38(48)34-22-27(4)45(42-34)35-19-18-30(40-39(49)41-33-16-12-13-17-36(33)50-7-3)24-32(35)37(47)44-25-29-15-11-10-14-28(29)23-31(44)26-46;1-6-8-19-43(20-9-7-2)38(48)34-21-28(5)45(42-34)35-18-17-31(40-39(49)41-36-26(3)13-12-14-27(36)4)23-33(35)37(47)44-24-30-16-11-10-15-29(30)22-32(44)25-46/h8-19,22-23,25,35,48H,4-7,20-21,24,26-27H2,1-3H3,(H2,42,43,51);10-19,22,24,31,46H,5-9,20-21,23,25-26H2,1-4H3,(H2,40,41,49);10-18,21,23,32,46H,6-9,19-20,22,24-25H2,1-5H3,(H2,40,41,49)/t35-;31-;32-/m000/s1. The minimum Gasteiger partial charge on any atom is -0.492 e. The summed E-state index contributed by atoms with van der Waals surface area (Å²) < 4.78 is 10.5. The molecule has 0 fully saturated rings. The maximum atomic E-state index is 14.6. The number of nitrogens with one attached hydrogen (secondary N) is 6. The van der Waals surface area contributed by atoms with Gasteiger partial charge in [0.2, 0.25) is 0 Å². The van der Waals surface area contributed by atoms with Crippen molar-refractivity contribution in [2.75, 3.05) is 97.6 Å². The molecule has 0 bridgehead atoms. The van der Waals surface area contributed by atoms with Gasteiger partial charge in [0.15, 0.2) is 17.1 Å². The summed E-state index contributed by atoms with van der Waals surface area (Å²) in [7, 11) is 0. The number of hydrogen-bond acceptors (Lipinski definition) is 16. The van der Waals surface area contributed by atoms with E-state index < -0.39 is 36.2 Å². The first-order valence-electron chi connectivity index (χ1n) is 52.7. The molecule has 0 radical (unpaired) electrons. The zero-order chi connectivity index (χ0) is 107. The number of aryl methyl sites for hydroxylation is 5. The van der Waals surface area contributed by atoms with Crippen LogP contribution in [0.4, 0.5) is 48.5 Å². The summed E-state index contributed by atoms with van der Waals surface area (Å²) in [5.41, 5.74) is 16.6. The quantitative estimate of drug-likeness (QED) is 0.0174. The van der Waals surface area contributed by atoms with E-state index in [1.165, 1.54) is 0 Å². The molecule has 3 aromatic heterocycles. The normalized spacial score (nSPS) is 13.9. The number of aliphatic hydroxyl groups is 3. The molecule has 3 atom stereocenters. The van der Waals surface area contributed by atoms with Crippen molar-refractivity contribution in [3.63, 3.8) is 0 Å². The minimum absolute atomic E-state index is 0.133. The molecule has 786 valence electrons. The minimum atomic E-state index is -0.508. The Hall–Kier alpha value is -15.6. The Labute approximate surface area is 878 Å². The lowest BCUT2D eigenvalue weighted by Gasteiger charge is -2.36. The molecule has 10 aromatic carbocycles. The number of aromatic nitrogens is 6. The first-order chi connectivity index (χ1) is 72.7. The summed E-state index contributed by atoms with van der Waals surface area (Å²) in [6.07, 6.45) is 12.8. The molecule has 12 amide bonds. The number of urea groups is 3. The van der Waals surface area contributed by atoms with Gasteiger partial charge < -0.3 is 81.4 Å². The highest BCUT2D eigenvalue weighted by atomic mass is 16.5. The van der Waals surface area contributed by atoms with Crippen molar-refractivity contribution in [3.8, 4) is 22.8 Å². The van der Waals surface area contributed by atoms with Crippen LogP contribution in [0.25, 0.3) is 27.8 Å². The molecule has 0 saturated carbocycles. The van der Waals surface area contributed by atoms with Crippen LogP contribution in [0.3, 0.4) is 0 Å². The molecule has 13 aromatic rings. The average Bonchev–Trinajstić information content (AvgIpc) is 1.46. The van der Waals surface area contributed by atoms with Crippen LogP contribution in [0, 0.1) is 34.6 Å². The molecule has 6 heterocycles. The summed E-state index contributed by atoms with van der Waals surface area (Å²) >= 11 is 0. The second-order valence-electron chi connectivity index (χ2n) is 38.7. The predicted molar refractivity (Wildman–Crippen MR) is 590 cm³/mol. The second kappa shape index (κ2) is 52.8. The monoisotopic (exact) mass is 2030 g/mol. The molecular formula is C119H142N18O13. The van der Waals surface area contributed by atoms with Crippen LogP contribution in [0.2, 0.25) is 0 Å². The number of carbonyl (C=O) groups is 9. The van der Waals surface area contributed by atoms with Crippen LogP contribution >= 0.6 is 0 Å². The molecule has 0 saturated heterocycles. The largest absolute Gasteiger partial charge is 0.492 e. The Balaban J connectivity index is 0.000000177. The second-order valence-corrected chi connectivity index (χ2v) is 38.7. The van der Waals surface area contributed by atoms with E-state index in [1.54, 1.807) is 120 Å². The number of amides is 12. The van der Waals surface area contributed by atoms with Crippen molar-refractivity contribution in [1.82, 2.24) is 58.7 Å². The first-order valence-corrected chi connectivity index (χ1v) is 52.7. The molecule has 0 spiro atoms. The molecule has 3 aliphatic heterocycles. The fraction of sp³-hybridized carbons (Fsp3) is 0.361. The number of unbranched alkanes of at least 4 members (excludes halogenated alkanes) is 6. The van der Waals surface area contributed by atoms with E-state index in [0.29, 0.717) is 176 Å². The third-order valence-electron chi connectivity index (χ3n) is 27.7. The van der Waals surface area contributed by atoms with Crippen LogP contribution in [0.1, 0.15) is 250 Å². The third-order valence-corrected chi connectivity index (χ3v) is 27.7. The maximum Gasteiger partial charge on any atom is 0.323 e. The number of carbonyl (C=O) groups excluding carboxylic acids is 9. The number of ether oxygens (including phenoxy) is 1. The summed E-state index contributed by atoms with van der Waals surface area (Å²) in [5.74, 6) is -0.815. The molecule has 9 N–H and O–H groups in total. The molecule has 3 aliphatic rings. The van der Waals surface area contributed by atoms with Gasteiger partial charge in [-0.25, -0.2) is 28.4 Å². The zero-order valence-electron chi connectivity index (χ0n) is 88.3. The summed E-state index contributed by atoms with van der Waals surface area (Å²) in [4.78, 5) is 135. The smallest absolute Gasteiger partial charge is 0.323 e. The number of para-hydroxylation sites is 3. The Kier molecular flexibility index (Phi) is 38.8. The van der Waals surface area contributed by atoms with Gasteiger partial charge in [-0.05, 0) is 252 Å². The van der Waals surface area contributed by atoms with Gasteiger partial charge in [-0.2, -0.15) is 15.3 Å². The molecule has 0 unspecified atom stereocenters. The fourth-order valence-electron chi connectivity index (χ4n) is 19.3. The molecule has 31 heteroatoms. The van der Waals surface area contributed by atoms with Crippen LogP contribution in [-0.4, -0.2) is 211 Å². The van der Waals surface area contributed by atoms with E-state index >= 15 is 0 Å². The topological polar surface area (TPSA) is 369 Å². The third kappa shape index (κ3) is 27.1. The van der Waals surface area contributed by atoms with Crippen molar-refractivity contribution >= 4 is 98.4 Å². The van der Waals surface area contributed by atoms with Crippen molar-refractivity contribution in [1.29, 1.82) is 0 Å². The van der Waals surface area contributed by atoms with E-state index in [9.17, 15) is 58.5 Å². The van der Waals surface area contributed by atoms with Gasteiger partial charge in [0.05, 0.1) is 84.0 Å². The highest BCUT2D eigenvalue weighted by Crippen LogP contribution is 2.37. The van der Waals surface area contributed by atoms with E-state index in [0.717, 1.165) is 138 Å². The number of aliphatic hydroxyl groups excluding tert-OH is 3. The highest BCUT2D eigenvalue weighted by molar-refractivity contribution is 6.07. The number of anilines is 6.